The van der Waals surface area contributed by atoms with Crippen LogP contribution in [0.15, 0.2) is 54.6 Å². The minimum atomic E-state index is -0.247. The van der Waals surface area contributed by atoms with Crippen molar-refractivity contribution in [3.63, 3.8) is 0 Å². The van der Waals surface area contributed by atoms with E-state index in [9.17, 15) is 4.79 Å². The molecule has 0 atom stereocenters. The molecule has 7 heteroatoms. The number of fused-ring (bicyclic) bond motifs is 1. The van der Waals surface area contributed by atoms with E-state index in [0.29, 0.717) is 31.9 Å². The molecule has 2 aliphatic rings. The third kappa shape index (κ3) is 4.55. The molecule has 0 unspecified atom stereocenters. The highest BCUT2D eigenvalue weighted by atomic mass is 16.5. The van der Waals surface area contributed by atoms with Crippen molar-refractivity contribution >= 4 is 11.7 Å². The number of hydrogen-bond acceptors (Lipinski definition) is 6. The first-order chi connectivity index (χ1) is 16.4. The molecular weight excluding hydrogens is 428 g/mol. The van der Waals surface area contributed by atoms with Crippen LogP contribution in [0.25, 0.3) is 11.3 Å². The minimum Gasteiger partial charge on any atom is -0.483 e. The van der Waals surface area contributed by atoms with Crippen molar-refractivity contribution in [2.75, 3.05) is 37.7 Å². The molecule has 0 N–H and O–H groups in total. The number of nitrogens with zero attached hydrogens (tertiary/aromatic N) is 4. The molecule has 3 aromatic rings. The summed E-state index contributed by atoms with van der Waals surface area (Å²) in [5, 5.41) is 8.88. The normalized spacial score (nSPS) is 16.7. The van der Waals surface area contributed by atoms with Gasteiger partial charge in [-0.1, -0.05) is 36.4 Å². The average molecular weight is 459 g/mol. The number of rotatable bonds is 5. The number of anilines is 1. The van der Waals surface area contributed by atoms with Crippen LogP contribution >= 0.6 is 0 Å². The average Bonchev–Trinajstić information content (AvgIpc) is 3.17. The maximum absolute atomic E-state index is 12.8. The number of aromatic nitrogens is 2. The summed E-state index contributed by atoms with van der Waals surface area (Å²) in [6.07, 6.45) is 0.838. The lowest BCUT2D eigenvalue weighted by Crippen LogP contribution is -2.50. The van der Waals surface area contributed by atoms with Crippen LogP contribution in [0, 0.1) is 6.92 Å². The van der Waals surface area contributed by atoms with E-state index in [-0.39, 0.29) is 18.1 Å². The van der Waals surface area contributed by atoms with Crippen LogP contribution < -0.4 is 14.4 Å². The van der Waals surface area contributed by atoms with Crippen molar-refractivity contribution in [1.29, 1.82) is 0 Å². The van der Waals surface area contributed by atoms with E-state index in [1.54, 1.807) is 0 Å². The molecule has 1 aromatic heterocycles. The molecule has 1 saturated heterocycles. The topological polar surface area (TPSA) is 67.8 Å². The quantitative estimate of drug-likeness (QED) is 0.578. The van der Waals surface area contributed by atoms with Gasteiger partial charge >= 0.3 is 0 Å². The number of benzene rings is 2. The molecule has 7 nitrogen and oxygen atoms in total. The van der Waals surface area contributed by atoms with Gasteiger partial charge in [0.15, 0.2) is 23.9 Å². The summed E-state index contributed by atoms with van der Waals surface area (Å²) >= 11 is 0. The molecule has 0 saturated carbocycles. The summed E-state index contributed by atoms with van der Waals surface area (Å²) in [4.78, 5) is 16.8. The zero-order valence-corrected chi connectivity index (χ0v) is 20.0. The standard InChI is InChI=1S/C27H30N4O3/c1-19-7-4-5-9-21(19)22-11-12-24(29-28-22)30-13-15-31(16-14-30)25(32)18-33-23-10-6-8-20-17-27(2,3)34-26(20)23/h4-12H,13-18H2,1-3H3. The molecule has 0 radical (unpaired) electrons. The lowest BCUT2D eigenvalue weighted by Gasteiger charge is -2.35. The zero-order valence-electron chi connectivity index (χ0n) is 20.0. The molecular formula is C27H30N4O3. The Labute approximate surface area is 200 Å². The van der Waals surface area contributed by atoms with E-state index in [0.717, 1.165) is 34.8 Å². The van der Waals surface area contributed by atoms with Crippen molar-refractivity contribution in [1.82, 2.24) is 15.1 Å². The van der Waals surface area contributed by atoms with E-state index in [2.05, 4.69) is 54.1 Å². The van der Waals surface area contributed by atoms with Gasteiger partial charge in [-0.3, -0.25) is 4.79 Å². The van der Waals surface area contributed by atoms with Crippen LogP contribution in [0.3, 0.4) is 0 Å². The van der Waals surface area contributed by atoms with Gasteiger partial charge in [0.1, 0.15) is 5.60 Å². The Hall–Kier alpha value is -3.61. The van der Waals surface area contributed by atoms with Crippen molar-refractivity contribution < 1.29 is 14.3 Å². The molecule has 2 aromatic carbocycles. The number of ether oxygens (including phenoxy) is 2. The lowest BCUT2D eigenvalue weighted by molar-refractivity contribution is -0.133. The number of aryl methyl sites for hydroxylation is 1. The van der Waals surface area contributed by atoms with Crippen LogP contribution in [0.5, 0.6) is 11.5 Å². The molecule has 0 bridgehead atoms. The summed E-state index contributed by atoms with van der Waals surface area (Å²) in [7, 11) is 0. The monoisotopic (exact) mass is 458 g/mol. The maximum atomic E-state index is 12.8. The number of carbonyl (C=O) groups excluding carboxylic acids is 1. The largest absolute Gasteiger partial charge is 0.483 e. The first-order valence-corrected chi connectivity index (χ1v) is 11.8. The van der Waals surface area contributed by atoms with E-state index in [4.69, 9.17) is 9.47 Å². The van der Waals surface area contributed by atoms with E-state index >= 15 is 0 Å². The van der Waals surface area contributed by atoms with E-state index in [1.165, 1.54) is 5.56 Å². The van der Waals surface area contributed by atoms with Crippen molar-refractivity contribution in [3.05, 3.63) is 65.7 Å². The Morgan fingerprint density at radius 1 is 1.00 bits per heavy atom. The molecule has 2 aliphatic heterocycles. The fourth-order valence-corrected chi connectivity index (χ4v) is 4.61. The Balaban J connectivity index is 1.15. The van der Waals surface area contributed by atoms with Gasteiger partial charge in [0.05, 0.1) is 5.69 Å². The molecule has 1 amide bonds. The maximum Gasteiger partial charge on any atom is 0.260 e. The van der Waals surface area contributed by atoms with Gasteiger partial charge in [-0.25, -0.2) is 0 Å². The van der Waals surface area contributed by atoms with Crippen LogP contribution in [0.2, 0.25) is 0 Å². The fourth-order valence-electron chi connectivity index (χ4n) is 4.61. The summed E-state index contributed by atoms with van der Waals surface area (Å²) in [5.41, 5.74) is 4.01. The third-order valence-electron chi connectivity index (χ3n) is 6.43. The second kappa shape index (κ2) is 8.97. The van der Waals surface area contributed by atoms with Crippen LogP contribution in [-0.4, -0.2) is 59.4 Å². The van der Waals surface area contributed by atoms with E-state index in [1.807, 2.05) is 41.3 Å². The molecule has 0 aliphatic carbocycles. The summed E-state index contributed by atoms with van der Waals surface area (Å²) in [6, 6.07) is 18.0. The Kier molecular flexibility index (Phi) is 5.86. The molecule has 1 fully saturated rings. The Bertz CT molecular complexity index is 1180. The van der Waals surface area contributed by atoms with Gasteiger partial charge < -0.3 is 19.3 Å². The minimum absolute atomic E-state index is 0.00513. The summed E-state index contributed by atoms with van der Waals surface area (Å²) in [6.45, 7) is 8.86. The predicted octanol–water partition coefficient (Wildman–Crippen LogP) is 3.89. The van der Waals surface area contributed by atoms with Gasteiger partial charge in [0, 0.05) is 43.7 Å². The van der Waals surface area contributed by atoms with Crippen molar-refractivity contribution in [2.45, 2.75) is 32.8 Å². The number of carbonyl (C=O) groups is 1. The smallest absolute Gasteiger partial charge is 0.260 e. The molecule has 3 heterocycles. The van der Waals surface area contributed by atoms with Gasteiger partial charge in [0.2, 0.25) is 0 Å². The van der Waals surface area contributed by atoms with Gasteiger partial charge in [-0.15, -0.1) is 10.2 Å². The Morgan fingerprint density at radius 2 is 1.79 bits per heavy atom. The van der Waals surface area contributed by atoms with Gasteiger partial charge in [0.25, 0.3) is 5.91 Å². The first-order valence-electron chi connectivity index (χ1n) is 11.8. The van der Waals surface area contributed by atoms with Crippen LogP contribution in [0.4, 0.5) is 5.82 Å². The highest BCUT2D eigenvalue weighted by Crippen LogP contribution is 2.41. The lowest BCUT2D eigenvalue weighted by atomic mass is 10.0. The van der Waals surface area contributed by atoms with Crippen LogP contribution in [-0.2, 0) is 11.2 Å². The third-order valence-corrected chi connectivity index (χ3v) is 6.43. The zero-order chi connectivity index (χ0) is 23.7. The Morgan fingerprint density at radius 3 is 2.53 bits per heavy atom. The van der Waals surface area contributed by atoms with Gasteiger partial charge in [-0.2, -0.15) is 0 Å². The molecule has 176 valence electrons. The number of amides is 1. The SMILES string of the molecule is Cc1ccccc1-c1ccc(N2CCN(C(=O)COc3cccc4c3OC(C)(C)C4)CC2)nn1. The second-order valence-electron chi connectivity index (χ2n) is 9.53. The van der Waals surface area contributed by atoms with Gasteiger partial charge in [-0.05, 0) is 44.5 Å². The van der Waals surface area contributed by atoms with Crippen molar-refractivity contribution in [2.24, 2.45) is 0 Å². The highest BCUT2D eigenvalue weighted by Gasteiger charge is 2.32. The number of piperazine rings is 1. The predicted molar refractivity (Wildman–Crippen MR) is 131 cm³/mol. The molecule has 0 spiro atoms. The number of para-hydroxylation sites is 1. The second-order valence-corrected chi connectivity index (χ2v) is 9.53. The molecule has 5 rings (SSSR count). The highest BCUT2D eigenvalue weighted by molar-refractivity contribution is 5.78. The number of hydrogen-bond donors (Lipinski definition) is 0. The van der Waals surface area contributed by atoms with Crippen molar-refractivity contribution in [3.8, 4) is 22.8 Å². The fraction of sp³-hybridized carbons (Fsp3) is 0.370. The van der Waals surface area contributed by atoms with E-state index < -0.39 is 0 Å². The summed E-state index contributed by atoms with van der Waals surface area (Å²) in [5.74, 6) is 2.22. The van der Waals surface area contributed by atoms with Crippen LogP contribution in [0.1, 0.15) is 25.0 Å². The summed E-state index contributed by atoms with van der Waals surface area (Å²) < 4.78 is 11.9. The molecule has 34 heavy (non-hydrogen) atoms. The first kappa shape index (κ1) is 22.2.